The number of aromatic amines is 1. The highest BCUT2D eigenvalue weighted by Gasteiger charge is 2.17. The number of sulfone groups is 1. The van der Waals surface area contributed by atoms with Gasteiger partial charge in [0.15, 0.2) is 9.84 Å². The molecule has 1 unspecified atom stereocenters. The van der Waals surface area contributed by atoms with Gasteiger partial charge in [-0.2, -0.15) is 0 Å². The molecule has 6 nitrogen and oxygen atoms in total. The molecule has 3 N–H and O–H groups in total. The SMILES string of the molecule is COCCC(N)c1nc2c(S(C)(=O)=O)cccc2[nH]1. The molecular weight excluding hydrogens is 266 g/mol. The number of ether oxygens (including phenoxy) is 1. The highest BCUT2D eigenvalue weighted by atomic mass is 32.2. The fourth-order valence-corrected chi connectivity index (χ4v) is 2.71. The number of nitrogens with one attached hydrogen (secondary N) is 1. The van der Waals surface area contributed by atoms with Crippen LogP contribution in [0.5, 0.6) is 0 Å². The molecule has 2 rings (SSSR count). The van der Waals surface area contributed by atoms with Crippen LogP contribution >= 0.6 is 0 Å². The minimum absolute atomic E-state index is 0.214. The van der Waals surface area contributed by atoms with E-state index in [9.17, 15) is 8.42 Å². The largest absolute Gasteiger partial charge is 0.385 e. The van der Waals surface area contributed by atoms with Gasteiger partial charge in [-0.3, -0.25) is 0 Å². The van der Waals surface area contributed by atoms with Crippen molar-refractivity contribution in [2.75, 3.05) is 20.0 Å². The van der Waals surface area contributed by atoms with Crippen LogP contribution in [-0.4, -0.2) is 38.4 Å². The van der Waals surface area contributed by atoms with Gasteiger partial charge < -0.3 is 15.5 Å². The first-order valence-corrected chi connectivity index (χ1v) is 7.76. The van der Waals surface area contributed by atoms with Crippen molar-refractivity contribution in [3.63, 3.8) is 0 Å². The summed E-state index contributed by atoms with van der Waals surface area (Å²) in [6.45, 7) is 0.525. The van der Waals surface area contributed by atoms with Gasteiger partial charge in [0, 0.05) is 20.0 Å². The van der Waals surface area contributed by atoms with Gasteiger partial charge in [0.05, 0.1) is 16.5 Å². The molecule has 1 heterocycles. The standard InChI is InChI=1S/C12H17N3O3S/c1-18-7-6-8(13)12-14-9-4-3-5-10(11(9)15-12)19(2,16)17/h3-5,8H,6-7,13H2,1-2H3,(H,14,15). The summed E-state index contributed by atoms with van der Waals surface area (Å²) in [6.07, 6.45) is 1.78. The summed E-state index contributed by atoms with van der Waals surface area (Å²) in [5.74, 6) is 0.572. The Morgan fingerprint density at radius 2 is 2.21 bits per heavy atom. The van der Waals surface area contributed by atoms with Crippen LogP contribution in [0.1, 0.15) is 18.3 Å². The van der Waals surface area contributed by atoms with Crippen molar-refractivity contribution in [2.45, 2.75) is 17.4 Å². The van der Waals surface area contributed by atoms with Gasteiger partial charge in [0.2, 0.25) is 0 Å². The third kappa shape index (κ3) is 2.94. The van der Waals surface area contributed by atoms with E-state index < -0.39 is 9.84 Å². The van der Waals surface area contributed by atoms with Gasteiger partial charge in [0.1, 0.15) is 11.3 Å². The Hall–Kier alpha value is -1.44. The van der Waals surface area contributed by atoms with E-state index in [0.29, 0.717) is 29.9 Å². The number of hydrogen-bond acceptors (Lipinski definition) is 5. The molecule has 0 fully saturated rings. The highest BCUT2D eigenvalue weighted by molar-refractivity contribution is 7.91. The van der Waals surface area contributed by atoms with Gasteiger partial charge in [-0.15, -0.1) is 0 Å². The van der Waals surface area contributed by atoms with Crippen LogP contribution in [0.2, 0.25) is 0 Å². The summed E-state index contributed by atoms with van der Waals surface area (Å²) >= 11 is 0. The van der Waals surface area contributed by atoms with E-state index in [0.717, 1.165) is 0 Å². The predicted molar refractivity (Wildman–Crippen MR) is 72.6 cm³/mol. The minimum atomic E-state index is -3.31. The molecular formula is C12H17N3O3S. The lowest BCUT2D eigenvalue weighted by Crippen LogP contribution is -2.14. The van der Waals surface area contributed by atoms with Crippen molar-refractivity contribution in [3.05, 3.63) is 24.0 Å². The quantitative estimate of drug-likeness (QED) is 0.853. The summed E-state index contributed by atoms with van der Waals surface area (Å²) in [6, 6.07) is 4.70. The number of benzene rings is 1. The van der Waals surface area contributed by atoms with E-state index in [1.807, 2.05) is 0 Å². The number of imidazole rings is 1. The van der Waals surface area contributed by atoms with Crippen molar-refractivity contribution in [2.24, 2.45) is 5.73 Å². The molecule has 1 aromatic heterocycles. The summed E-state index contributed by atoms with van der Waals surface area (Å²) in [4.78, 5) is 7.59. The molecule has 0 aliphatic rings. The van der Waals surface area contributed by atoms with Gasteiger partial charge in [-0.25, -0.2) is 13.4 Å². The molecule has 1 aromatic carbocycles. The Labute approximate surface area is 111 Å². The molecule has 104 valence electrons. The number of hydrogen-bond donors (Lipinski definition) is 2. The number of methoxy groups -OCH3 is 1. The van der Waals surface area contributed by atoms with Crippen molar-refractivity contribution in [1.82, 2.24) is 9.97 Å². The first-order valence-electron chi connectivity index (χ1n) is 5.86. The van der Waals surface area contributed by atoms with E-state index in [4.69, 9.17) is 10.5 Å². The van der Waals surface area contributed by atoms with Crippen LogP contribution in [0, 0.1) is 0 Å². The fourth-order valence-electron chi connectivity index (χ4n) is 1.88. The zero-order chi connectivity index (χ0) is 14.0. The minimum Gasteiger partial charge on any atom is -0.385 e. The second-order valence-electron chi connectivity index (χ2n) is 4.43. The lowest BCUT2D eigenvalue weighted by atomic mass is 10.2. The lowest BCUT2D eigenvalue weighted by molar-refractivity contribution is 0.187. The second-order valence-corrected chi connectivity index (χ2v) is 6.42. The molecule has 0 aliphatic heterocycles. The summed E-state index contributed by atoms with van der Waals surface area (Å²) < 4.78 is 28.4. The summed E-state index contributed by atoms with van der Waals surface area (Å²) in [7, 11) is -1.70. The molecule has 19 heavy (non-hydrogen) atoms. The molecule has 0 bridgehead atoms. The molecule has 0 saturated heterocycles. The highest BCUT2D eigenvalue weighted by Crippen LogP contribution is 2.23. The van der Waals surface area contributed by atoms with E-state index >= 15 is 0 Å². The maximum absolute atomic E-state index is 11.7. The monoisotopic (exact) mass is 283 g/mol. The van der Waals surface area contributed by atoms with E-state index in [1.54, 1.807) is 25.3 Å². The number of nitrogens with zero attached hydrogens (tertiary/aromatic N) is 1. The first-order chi connectivity index (χ1) is 8.93. The normalized spacial score (nSPS) is 13.8. The molecule has 0 saturated carbocycles. The number of para-hydroxylation sites is 1. The molecule has 7 heteroatoms. The zero-order valence-corrected chi connectivity index (χ0v) is 11.7. The maximum atomic E-state index is 11.7. The lowest BCUT2D eigenvalue weighted by Gasteiger charge is -2.06. The molecule has 0 aliphatic carbocycles. The third-order valence-corrected chi connectivity index (χ3v) is 4.01. The average Bonchev–Trinajstić information content (AvgIpc) is 2.78. The number of fused-ring (bicyclic) bond motifs is 1. The molecule has 0 radical (unpaired) electrons. The summed E-state index contributed by atoms with van der Waals surface area (Å²) in [5, 5.41) is 0. The average molecular weight is 283 g/mol. The number of H-pyrrole nitrogens is 1. The Balaban J connectivity index is 2.46. The zero-order valence-electron chi connectivity index (χ0n) is 10.9. The van der Waals surface area contributed by atoms with Crippen LogP contribution in [0.25, 0.3) is 11.0 Å². The van der Waals surface area contributed by atoms with Gasteiger partial charge >= 0.3 is 0 Å². The third-order valence-electron chi connectivity index (χ3n) is 2.88. The van der Waals surface area contributed by atoms with E-state index in [-0.39, 0.29) is 10.9 Å². The van der Waals surface area contributed by atoms with Gasteiger partial charge in [-0.1, -0.05) is 6.07 Å². The van der Waals surface area contributed by atoms with E-state index in [2.05, 4.69) is 9.97 Å². The Kier molecular flexibility index (Phi) is 3.88. The number of nitrogens with two attached hydrogens (primary N) is 1. The van der Waals surface area contributed by atoms with Crippen molar-refractivity contribution in [1.29, 1.82) is 0 Å². The molecule has 2 aromatic rings. The van der Waals surface area contributed by atoms with Crippen LogP contribution in [0.3, 0.4) is 0 Å². The Bertz CT molecular complexity index is 679. The van der Waals surface area contributed by atoms with Crippen LogP contribution in [-0.2, 0) is 14.6 Å². The predicted octanol–water partition coefficient (Wildman–Crippen LogP) is 1.00. The van der Waals surface area contributed by atoms with Crippen LogP contribution in [0.15, 0.2) is 23.1 Å². The van der Waals surface area contributed by atoms with E-state index in [1.165, 1.54) is 6.26 Å². The topological polar surface area (TPSA) is 98.1 Å². The maximum Gasteiger partial charge on any atom is 0.177 e. The van der Waals surface area contributed by atoms with Crippen molar-refractivity contribution >= 4 is 20.9 Å². The number of rotatable bonds is 5. The molecule has 0 spiro atoms. The van der Waals surface area contributed by atoms with Crippen molar-refractivity contribution in [3.8, 4) is 0 Å². The Morgan fingerprint density at radius 3 is 2.84 bits per heavy atom. The van der Waals surface area contributed by atoms with Gasteiger partial charge in [-0.05, 0) is 18.6 Å². The Morgan fingerprint density at radius 1 is 1.47 bits per heavy atom. The first kappa shape index (κ1) is 14.0. The summed E-state index contributed by atoms with van der Waals surface area (Å²) in [5.41, 5.74) is 7.09. The van der Waals surface area contributed by atoms with Crippen LogP contribution < -0.4 is 5.73 Å². The van der Waals surface area contributed by atoms with Crippen LogP contribution in [0.4, 0.5) is 0 Å². The second kappa shape index (κ2) is 5.28. The molecule has 0 amide bonds. The van der Waals surface area contributed by atoms with Gasteiger partial charge in [0.25, 0.3) is 0 Å². The van der Waals surface area contributed by atoms with Crippen molar-refractivity contribution < 1.29 is 13.2 Å². The molecule has 1 atom stereocenters. The fraction of sp³-hybridized carbons (Fsp3) is 0.417. The smallest absolute Gasteiger partial charge is 0.177 e. The number of aromatic nitrogens is 2.